The predicted octanol–water partition coefficient (Wildman–Crippen LogP) is 2.63. The van der Waals surface area contributed by atoms with Crippen LogP contribution in [0.1, 0.15) is 6.42 Å². The molecule has 2 heterocycles. The van der Waals surface area contributed by atoms with Crippen LogP contribution < -0.4 is 15.0 Å². The van der Waals surface area contributed by atoms with E-state index >= 15 is 0 Å². The van der Waals surface area contributed by atoms with Crippen LogP contribution in [-0.2, 0) is 9.59 Å². The lowest BCUT2D eigenvalue weighted by Crippen LogP contribution is -2.39. The summed E-state index contributed by atoms with van der Waals surface area (Å²) >= 11 is 0. The fourth-order valence-corrected chi connectivity index (χ4v) is 3.80. The first-order chi connectivity index (χ1) is 14.0. The Kier molecular flexibility index (Phi) is 5.15. The second kappa shape index (κ2) is 7.75. The molecule has 1 aliphatic heterocycles. The number of hydrogen-bond donors (Lipinski definition) is 1. The molecule has 3 aromatic rings. The zero-order valence-corrected chi connectivity index (χ0v) is 16.9. The molecule has 1 unspecified atom stereocenters. The summed E-state index contributed by atoms with van der Waals surface area (Å²) in [5.41, 5.74) is 2.11. The summed E-state index contributed by atoms with van der Waals surface area (Å²) in [4.78, 5) is 29.1. The molecule has 0 saturated carbocycles. The van der Waals surface area contributed by atoms with E-state index in [1.54, 1.807) is 12.0 Å². The first kappa shape index (κ1) is 19.3. The van der Waals surface area contributed by atoms with E-state index in [0.717, 1.165) is 22.9 Å². The van der Waals surface area contributed by atoms with Crippen molar-refractivity contribution in [3.05, 3.63) is 36.4 Å². The molecule has 29 heavy (non-hydrogen) atoms. The summed E-state index contributed by atoms with van der Waals surface area (Å²) in [6, 6.07) is 11.5. The molecule has 0 aliphatic carbocycles. The fourth-order valence-electron chi connectivity index (χ4n) is 3.80. The van der Waals surface area contributed by atoms with Crippen molar-refractivity contribution < 1.29 is 18.7 Å². The van der Waals surface area contributed by atoms with Crippen LogP contribution in [0.4, 0.5) is 5.69 Å². The summed E-state index contributed by atoms with van der Waals surface area (Å²) in [5, 5.41) is 4.79. The molecule has 1 aromatic heterocycles. The van der Waals surface area contributed by atoms with Crippen LogP contribution in [0, 0.1) is 5.92 Å². The van der Waals surface area contributed by atoms with Crippen molar-refractivity contribution in [2.75, 3.05) is 45.7 Å². The van der Waals surface area contributed by atoms with Gasteiger partial charge >= 0.3 is 0 Å². The molecule has 1 N–H and O–H groups in total. The Morgan fingerprint density at radius 2 is 2.03 bits per heavy atom. The van der Waals surface area contributed by atoms with Crippen LogP contribution in [0.15, 0.2) is 40.8 Å². The number of rotatable bonds is 6. The van der Waals surface area contributed by atoms with Crippen molar-refractivity contribution >= 4 is 39.4 Å². The third-order valence-corrected chi connectivity index (χ3v) is 5.35. The average Bonchev–Trinajstić information content (AvgIpc) is 3.26. The number of nitrogens with zero attached hydrogens (tertiary/aromatic N) is 2. The van der Waals surface area contributed by atoms with Gasteiger partial charge in [0.15, 0.2) is 0 Å². The van der Waals surface area contributed by atoms with E-state index in [1.807, 2.05) is 55.4 Å². The lowest BCUT2D eigenvalue weighted by molar-refractivity contribution is -0.132. The smallest absolute Gasteiger partial charge is 0.239 e. The topological polar surface area (TPSA) is 75.0 Å². The van der Waals surface area contributed by atoms with Gasteiger partial charge < -0.3 is 24.3 Å². The zero-order valence-electron chi connectivity index (χ0n) is 16.9. The Balaban J connectivity index is 1.61. The van der Waals surface area contributed by atoms with Crippen molar-refractivity contribution in [2.45, 2.75) is 6.42 Å². The van der Waals surface area contributed by atoms with Crippen LogP contribution in [0.2, 0.25) is 0 Å². The molecule has 1 atom stereocenters. The fraction of sp³-hybridized carbons (Fsp3) is 0.364. The monoisotopic (exact) mass is 395 g/mol. The number of ether oxygens (including phenoxy) is 1. The molecule has 1 aliphatic rings. The van der Waals surface area contributed by atoms with Crippen LogP contribution in [0.3, 0.4) is 0 Å². The predicted molar refractivity (Wildman–Crippen MR) is 112 cm³/mol. The largest absolute Gasteiger partial charge is 0.495 e. The summed E-state index contributed by atoms with van der Waals surface area (Å²) in [7, 11) is 5.46. The highest BCUT2D eigenvalue weighted by atomic mass is 16.5. The minimum absolute atomic E-state index is 0.207. The van der Waals surface area contributed by atoms with E-state index in [1.165, 1.54) is 0 Å². The van der Waals surface area contributed by atoms with Gasteiger partial charge in [-0.05, 0) is 32.6 Å². The second-order valence-electron chi connectivity index (χ2n) is 7.54. The molecular weight excluding hydrogens is 370 g/mol. The highest BCUT2D eigenvalue weighted by Gasteiger charge is 2.38. The third kappa shape index (κ3) is 3.53. The van der Waals surface area contributed by atoms with Gasteiger partial charge in [-0.3, -0.25) is 9.59 Å². The zero-order chi connectivity index (χ0) is 20.5. The number of benzene rings is 2. The molecule has 0 spiro atoms. The maximum Gasteiger partial charge on any atom is 0.239 e. The SMILES string of the molecule is COc1cc2c(cc1N1CCC(C(=O)NCCN(C)C)C1=O)oc1ccccc12. The van der Waals surface area contributed by atoms with Crippen LogP contribution in [-0.4, -0.2) is 57.6 Å². The van der Waals surface area contributed by atoms with Gasteiger partial charge in [0, 0.05) is 36.5 Å². The van der Waals surface area contributed by atoms with Crippen LogP contribution >= 0.6 is 0 Å². The molecule has 1 fully saturated rings. The number of para-hydroxylation sites is 1. The van der Waals surface area contributed by atoms with Gasteiger partial charge in [-0.2, -0.15) is 0 Å². The molecule has 2 aromatic carbocycles. The van der Waals surface area contributed by atoms with Crippen molar-refractivity contribution in [1.29, 1.82) is 0 Å². The molecule has 0 bridgehead atoms. The quantitative estimate of drug-likeness (QED) is 0.650. The number of carbonyl (C=O) groups is 2. The highest BCUT2D eigenvalue weighted by Crippen LogP contribution is 2.40. The number of hydrogen-bond acceptors (Lipinski definition) is 5. The highest BCUT2D eigenvalue weighted by molar-refractivity contribution is 6.12. The van der Waals surface area contributed by atoms with E-state index in [-0.39, 0.29) is 11.8 Å². The molecule has 1 saturated heterocycles. The molecule has 0 radical (unpaired) electrons. The number of methoxy groups -OCH3 is 1. The first-order valence-corrected chi connectivity index (χ1v) is 9.72. The molecule has 2 amide bonds. The average molecular weight is 395 g/mol. The Morgan fingerprint density at radius 3 is 2.79 bits per heavy atom. The van der Waals surface area contributed by atoms with Gasteiger partial charge in [-0.1, -0.05) is 18.2 Å². The maximum absolute atomic E-state index is 13.0. The molecule has 4 rings (SSSR count). The van der Waals surface area contributed by atoms with Crippen molar-refractivity contribution in [1.82, 2.24) is 10.2 Å². The van der Waals surface area contributed by atoms with Crippen molar-refractivity contribution in [2.24, 2.45) is 5.92 Å². The van der Waals surface area contributed by atoms with Crippen molar-refractivity contribution in [3.63, 3.8) is 0 Å². The Hall–Kier alpha value is -3.06. The van der Waals surface area contributed by atoms with Crippen LogP contribution in [0.25, 0.3) is 21.9 Å². The van der Waals surface area contributed by atoms with Crippen molar-refractivity contribution in [3.8, 4) is 5.75 Å². The number of likely N-dealkylation sites (N-methyl/N-ethyl adjacent to an activating group) is 1. The third-order valence-electron chi connectivity index (χ3n) is 5.35. The molecule has 7 heteroatoms. The standard InChI is InChI=1S/C22H25N3O4/c1-24(2)11-9-23-21(26)15-8-10-25(22(15)27)17-13-19-16(12-20(17)28-3)14-6-4-5-7-18(14)29-19/h4-7,12-13,15H,8-11H2,1-3H3,(H,23,26). The van der Waals surface area contributed by atoms with Gasteiger partial charge in [0.25, 0.3) is 0 Å². The minimum Gasteiger partial charge on any atom is -0.495 e. The van der Waals surface area contributed by atoms with Gasteiger partial charge in [0.1, 0.15) is 22.8 Å². The number of nitrogens with one attached hydrogen (secondary N) is 1. The number of furan rings is 1. The molecule has 152 valence electrons. The number of amides is 2. The summed E-state index contributed by atoms with van der Waals surface area (Å²) < 4.78 is 11.5. The summed E-state index contributed by atoms with van der Waals surface area (Å²) in [6.45, 7) is 1.71. The van der Waals surface area contributed by atoms with Gasteiger partial charge in [-0.25, -0.2) is 0 Å². The Morgan fingerprint density at radius 1 is 1.24 bits per heavy atom. The van der Waals surface area contributed by atoms with Gasteiger partial charge in [0.2, 0.25) is 11.8 Å². The summed E-state index contributed by atoms with van der Waals surface area (Å²) in [5.74, 6) is -0.511. The molecular formula is C22H25N3O4. The van der Waals surface area contributed by atoms with E-state index < -0.39 is 5.92 Å². The first-order valence-electron chi connectivity index (χ1n) is 9.72. The molecule has 7 nitrogen and oxygen atoms in total. The van der Waals surface area contributed by atoms with Gasteiger partial charge in [-0.15, -0.1) is 0 Å². The number of anilines is 1. The normalized spacial score (nSPS) is 16.9. The lowest BCUT2D eigenvalue weighted by atomic mass is 10.1. The summed E-state index contributed by atoms with van der Waals surface area (Å²) in [6.07, 6.45) is 0.480. The Bertz CT molecular complexity index is 1070. The van der Waals surface area contributed by atoms with E-state index in [0.29, 0.717) is 36.5 Å². The number of fused-ring (bicyclic) bond motifs is 3. The second-order valence-corrected chi connectivity index (χ2v) is 7.54. The minimum atomic E-state index is -0.673. The lowest BCUT2D eigenvalue weighted by Gasteiger charge is -2.20. The van der Waals surface area contributed by atoms with E-state index in [9.17, 15) is 9.59 Å². The number of carbonyl (C=O) groups excluding carboxylic acids is 2. The van der Waals surface area contributed by atoms with E-state index in [2.05, 4.69) is 5.32 Å². The maximum atomic E-state index is 13.0. The van der Waals surface area contributed by atoms with Gasteiger partial charge in [0.05, 0.1) is 12.8 Å². The van der Waals surface area contributed by atoms with Crippen LogP contribution in [0.5, 0.6) is 5.75 Å². The Labute approximate surface area is 169 Å². The van der Waals surface area contributed by atoms with E-state index in [4.69, 9.17) is 9.15 Å².